The lowest BCUT2D eigenvalue weighted by atomic mass is 10.2. The maximum Gasteiger partial charge on any atom is 0.334 e. The second-order valence-corrected chi connectivity index (χ2v) is 7.63. The highest BCUT2D eigenvalue weighted by Crippen LogP contribution is 2.28. The third kappa shape index (κ3) is 4.51. The first-order valence-electron chi connectivity index (χ1n) is 6.19. The van der Waals surface area contributed by atoms with Crippen molar-refractivity contribution >= 4 is 8.56 Å². The number of aliphatic hydroxyl groups is 1. The topological polar surface area (TPSA) is 51.2 Å². The Morgan fingerprint density at radius 3 is 2.25 bits per heavy atom. The predicted octanol–water partition coefficient (Wildman–Crippen LogP) is 1.67. The molecule has 1 saturated heterocycles. The van der Waals surface area contributed by atoms with E-state index < -0.39 is 8.56 Å². The monoisotopic (exact) mass is 248 g/mol. The molecule has 0 amide bonds. The van der Waals surface area contributed by atoms with Gasteiger partial charge in [-0.15, -0.1) is 0 Å². The standard InChI is InChI=1S/C11H24O4Si/c1-4-13-16(3,14-5-2)8-6-7-10-11(9-12)15-10/h10-12H,4-9H2,1-3H3. The molecule has 0 aromatic carbocycles. The lowest BCUT2D eigenvalue weighted by Crippen LogP contribution is -2.38. The van der Waals surface area contributed by atoms with E-state index in [1.807, 2.05) is 13.8 Å². The van der Waals surface area contributed by atoms with E-state index in [4.69, 9.17) is 18.7 Å². The van der Waals surface area contributed by atoms with Crippen molar-refractivity contribution < 1.29 is 18.7 Å². The summed E-state index contributed by atoms with van der Waals surface area (Å²) in [6.45, 7) is 7.74. The molecule has 0 radical (unpaired) electrons. The van der Waals surface area contributed by atoms with Crippen LogP contribution < -0.4 is 0 Å². The van der Waals surface area contributed by atoms with Gasteiger partial charge in [0.2, 0.25) is 0 Å². The first-order chi connectivity index (χ1) is 7.65. The zero-order valence-electron chi connectivity index (χ0n) is 10.6. The molecule has 0 aliphatic carbocycles. The van der Waals surface area contributed by atoms with Gasteiger partial charge >= 0.3 is 8.56 Å². The van der Waals surface area contributed by atoms with Crippen molar-refractivity contribution in [2.75, 3.05) is 19.8 Å². The Morgan fingerprint density at radius 2 is 1.81 bits per heavy atom. The third-order valence-corrected chi connectivity index (χ3v) is 5.95. The van der Waals surface area contributed by atoms with E-state index >= 15 is 0 Å². The second-order valence-electron chi connectivity index (χ2n) is 4.29. The van der Waals surface area contributed by atoms with Crippen LogP contribution in [0.5, 0.6) is 0 Å². The van der Waals surface area contributed by atoms with E-state index in [-0.39, 0.29) is 18.8 Å². The molecule has 1 fully saturated rings. The van der Waals surface area contributed by atoms with Crippen molar-refractivity contribution in [3.63, 3.8) is 0 Å². The van der Waals surface area contributed by atoms with Crippen LogP contribution in [0.4, 0.5) is 0 Å². The summed E-state index contributed by atoms with van der Waals surface area (Å²) in [6, 6.07) is 1.01. The van der Waals surface area contributed by atoms with Gasteiger partial charge in [0.05, 0.1) is 12.7 Å². The van der Waals surface area contributed by atoms with Crippen LogP contribution >= 0.6 is 0 Å². The number of aliphatic hydroxyl groups excluding tert-OH is 1. The van der Waals surface area contributed by atoms with Crippen LogP contribution in [-0.4, -0.2) is 45.7 Å². The summed E-state index contributed by atoms with van der Waals surface area (Å²) in [6.07, 6.45) is 2.43. The Balaban J connectivity index is 2.17. The number of epoxide rings is 1. The first-order valence-corrected chi connectivity index (χ1v) is 8.71. The van der Waals surface area contributed by atoms with Crippen LogP contribution in [0.1, 0.15) is 26.7 Å². The fraction of sp³-hybridized carbons (Fsp3) is 1.00. The maximum atomic E-state index is 8.84. The predicted molar refractivity (Wildman–Crippen MR) is 64.7 cm³/mol. The number of hydrogen-bond acceptors (Lipinski definition) is 4. The number of ether oxygens (including phenoxy) is 1. The van der Waals surface area contributed by atoms with E-state index in [0.29, 0.717) is 0 Å². The van der Waals surface area contributed by atoms with E-state index in [2.05, 4.69) is 6.55 Å². The summed E-state index contributed by atoms with van der Waals surface area (Å²) in [5, 5.41) is 8.84. The van der Waals surface area contributed by atoms with Gasteiger partial charge in [-0.2, -0.15) is 0 Å². The number of rotatable bonds is 9. The molecule has 0 aromatic rings. The van der Waals surface area contributed by atoms with Gasteiger partial charge in [0, 0.05) is 13.2 Å². The molecule has 2 unspecified atom stereocenters. The summed E-state index contributed by atoms with van der Waals surface area (Å²) >= 11 is 0. The van der Waals surface area contributed by atoms with Crippen LogP contribution in [0, 0.1) is 0 Å². The molecule has 0 bridgehead atoms. The molecular weight excluding hydrogens is 224 g/mol. The first kappa shape index (κ1) is 14.1. The van der Waals surface area contributed by atoms with Crippen LogP contribution in [0.25, 0.3) is 0 Å². The van der Waals surface area contributed by atoms with Crippen molar-refractivity contribution in [1.82, 2.24) is 0 Å². The number of hydrogen-bond donors (Lipinski definition) is 1. The lowest BCUT2D eigenvalue weighted by Gasteiger charge is -2.25. The molecular formula is C11H24O4Si. The molecule has 1 aliphatic rings. The van der Waals surface area contributed by atoms with Crippen LogP contribution in [-0.2, 0) is 13.6 Å². The zero-order valence-corrected chi connectivity index (χ0v) is 11.6. The van der Waals surface area contributed by atoms with Crippen molar-refractivity contribution in [1.29, 1.82) is 0 Å². The minimum atomic E-state index is -1.94. The molecule has 0 saturated carbocycles. The lowest BCUT2D eigenvalue weighted by molar-refractivity contribution is 0.187. The molecule has 1 aliphatic heterocycles. The van der Waals surface area contributed by atoms with E-state index in [0.717, 1.165) is 32.1 Å². The Labute approximate surface area is 99.1 Å². The Kier molecular flexibility index (Phi) is 5.92. The molecule has 0 aromatic heterocycles. The van der Waals surface area contributed by atoms with E-state index in [1.165, 1.54) is 0 Å². The van der Waals surface area contributed by atoms with Crippen molar-refractivity contribution in [2.24, 2.45) is 0 Å². The molecule has 16 heavy (non-hydrogen) atoms. The summed E-state index contributed by atoms with van der Waals surface area (Å²) in [7, 11) is -1.94. The van der Waals surface area contributed by atoms with Gasteiger partial charge in [0.15, 0.2) is 0 Å². The molecule has 0 spiro atoms. The van der Waals surface area contributed by atoms with Gasteiger partial charge < -0.3 is 18.7 Å². The summed E-state index contributed by atoms with van der Waals surface area (Å²) < 4.78 is 16.8. The SMILES string of the molecule is CCO[Si](C)(CCCC1OC1CO)OCC. The molecule has 1 rings (SSSR count). The average molecular weight is 248 g/mol. The van der Waals surface area contributed by atoms with Crippen molar-refractivity contribution in [3.8, 4) is 0 Å². The van der Waals surface area contributed by atoms with Crippen LogP contribution in [0.2, 0.25) is 12.6 Å². The summed E-state index contributed by atoms with van der Waals surface area (Å²) in [4.78, 5) is 0. The quantitative estimate of drug-likeness (QED) is 0.498. The average Bonchev–Trinajstić information content (AvgIpc) is 2.97. The molecule has 1 N–H and O–H groups in total. The third-order valence-electron chi connectivity index (χ3n) is 2.89. The highest BCUT2D eigenvalue weighted by atomic mass is 28.4. The van der Waals surface area contributed by atoms with Gasteiger partial charge in [-0.3, -0.25) is 0 Å². The van der Waals surface area contributed by atoms with Crippen molar-refractivity contribution in [3.05, 3.63) is 0 Å². The maximum absolute atomic E-state index is 8.84. The van der Waals surface area contributed by atoms with Crippen molar-refractivity contribution in [2.45, 2.75) is 51.5 Å². The molecule has 2 atom stereocenters. The van der Waals surface area contributed by atoms with Crippen LogP contribution in [0.15, 0.2) is 0 Å². The summed E-state index contributed by atoms with van der Waals surface area (Å²) in [5.74, 6) is 0. The Bertz CT molecular complexity index is 194. The zero-order chi connectivity index (χ0) is 12.0. The molecule has 1 heterocycles. The second kappa shape index (κ2) is 6.71. The van der Waals surface area contributed by atoms with Gasteiger partial charge in [-0.25, -0.2) is 0 Å². The highest BCUT2D eigenvalue weighted by Gasteiger charge is 2.38. The molecule has 96 valence electrons. The minimum absolute atomic E-state index is 0.0899. The highest BCUT2D eigenvalue weighted by molar-refractivity contribution is 6.66. The van der Waals surface area contributed by atoms with Crippen LogP contribution in [0.3, 0.4) is 0 Å². The normalized spacial score (nSPS) is 24.8. The van der Waals surface area contributed by atoms with Gasteiger partial charge in [0.1, 0.15) is 6.10 Å². The Hall–Kier alpha value is 0.0569. The largest absolute Gasteiger partial charge is 0.395 e. The molecule has 5 heteroatoms. The Morgan fingerprint density at radius 1 is 1.19 bits per heavy atom. The van der Waals surface area contributed by atoms with Gasteiger partial charge in [-0.05, 0) is 39.3 Å². The van der Waals surface area contributed by atoms with E-state index in [1.54, 1.807) is 0 Å². The fourth-order valence-corrected chi connectivity index (χ4v) is 4.45. The fourth-order valence-electron chi connectivity index (χ4n) is 2.01. The van der Waals surface area contributed by atoms with E-state index in [9.17, 15) is 0 Å². The molecule has 4 nitrogen and oxygen atoms in total. The minimum Gasteiger partial charge on any atom is -0.395 e. The van der Waals surface area contributed by atoms with Gasteiger partial charge in [0.25, 0.3) is 0 Å². The summed E-state index contributed by atoms with van der Waals surface area (Å²) in [5.41, 5.74) is 0. The smallest absolute Gasteiger partial charge is 0.334 e. The van der Waals surface area contributed by atoms with Gasteiger partial charge in [-0.1, -0.05) is 0 Å².